The van der Waals surface area contributed by atoms with Crippen molar-refractivity contribution in [1.29, 1.82) is 0 Å². The lowest BCUT2D eigenvalue weighted by molar-refractivity contribution is -0.116. The molecule has 3 N–H and O–H groups in total. The van der Waals surface area contributed by atoms with Gasteiger partial charge in [0.1, 0.15) is 12.1 Å². The number of rotatable bonds is 3. The van der Waals surface area contributed by atoms with Crippen LogP contribution in [0, 0.1) is 0 Å². The van der Waals surface area contributed by atoms with E-state index in [1.807, 2.05) is 24.3 Å². The highest BCUT2D eigenvalue weighted by Gasteiger charge is 2.19. The maximum atomic E-state index is 12.4. The molecule has 12 nitrogen and oxygen atoms in total. The molecule has 1 aromatic carbocycles. The van der Waals surface area contributed by atoms with E-state index in [-0.39, 0.29) is 29.7 Å². The Morgan fingerprint density at radius 1 is 1.08 bits per heavy atom. The molecular weight excluding hydrogens is 342 g/mol. The normalized spacial score (nSPS) is 11.5. The fraction of sp³-hybridized carbons (Fsp3) is 0.0714. The monoisotopic (exact) mass is 351 g/mol. The first kappa shape index (κ1) is 14.3. The SMILES string of the molecule is Nc1nonc1NC(=O)Cn1c2ccccc2c2nc3nonc3nc21. The lowest BCUT2D eigenvalue weighted by Gasteiger charge is -2.06. The fourth-order valence-electron chi connectivity index (χ4n) is 2.78. The van der Waals surface area contributed by atoms with Crippen molar-refractivity contribution < 1.29 is 14.1 Å². The van der Waals surface area contributed by atoms with Crippen LogP contribution in [0.15, 0.2) is 33.5 Å². The highest BCUT2D eigenvalue weighted by Crippen LogP contribution is 2.27. The second-order valence-corrected chi connectivity index (χ2v) is 5.46. The predicted octanol–water partition coefficient (Wildman–Crippen LogP) is 0.725. The summed E-state index contributed by atoms with van der Waals surface area (Å²) in [5.74, 6) is -0.323. The van der Waals surface area contributed by atoms with Crippen molar-refractivity contribution in [3.8, 4) is 0 Å². The van der Waals surface area contributed by atoms with Crippen molar-refractivity contribution in [2.45, 2.75) is 6.54 Å². The number of anilines is 2. The van der Waals surface area contributed by atoms with E-state index in [4.69, 9.17) is 5.73 Å². The van der Waals surface area contributed by atoms with Gasteiger partial charge in [0.2, 0.25) is 28.8 Å². The number of amides is 1. The van der Waals surface area contributed by atoms with E-state index in [1.165, 1.54) is 0 Å². The minimum atomic E-state index is -0.379. The molecule has 0 aliphatic heterocycles. The van der Waals surface area contributed by atoms with Gasteiger partial charge in [-0.25, -0.2) is 19.2 Å². The van der Waals surface area contributed by atoms with Gasteiger partial charge in [-0.1, -0.05) is 18.2 Å². The summed E-state index contributed by atoms with van der Waals surface area (Å²) in [6.45, 7) is -0.0538. The molecule has 0 bridgehead atoms. The first-order chi connectivity index (χ1) is 12.7. The standard InChI is InChI=1S/C14H9N9O3/c15-10-11(20-25-19-10)16-8(24)5-23-7-4-2-1-3-6(7)9-14(23)18-13-12(17-9)21-26-22-13/h1-4H,5H2,(H2,15,19)(H,16,20,24). The molecule has 0 atom stereocenters. The van der Waals surface area contributed by atoms with E-state index in [0.717, 1.165) is 10.9 Å². The van der Waals surface area contributed by atoms with Crippen LogP contribution in [0.5, 0.6) is 0 Å². The summed E-state index contributed by atoms with van der Waals surface area (Å²) < 4.78 is 10.8. The fourth-order valence-corrected chi connectivity index (χ4v) is 2.78. The summed E-state index contributed by atoms with van der Waals surface area (Å²) >= 11 is 0. The number of benzene rings is 1. The number of nitrogens with two attached hydrogens (primary N) is 1. The molecule has 128 valence electrons. The third kappa shape index (κ3) is 2.05. The molecule has 0 spiro atoms. The van der Waals surface area contributed by atoms with Crippen molar-refractivity contribution in [2.75, 3.05) is 11.1 Å². The first-order valence-electron chi connectivity index (χ1n) is 7.46. The zero-order valence-electron chi connectivity index (χ0n) is 12.9. The highest BCUT2D eigenvalue weighted by atomic mass is 16.6. The van der Waals surface area contributed by atoms with Gasteiger partial charge in [0, 0.05) is 5.39 Å². The third-order valence-corrected chi connectivity index (χ3v) is 3.87. The largest absolute Gasteiger partial charge is 0.378 e. The van der Waals surface area contributed by atoms with Gasteiger partial charge in [0.05, 0.1) is 5.52 Å². The van der Waals surface area contributed by atoms with E-state index in [2.05, 4.69) is 45.2 Å². The maximum absolute atomic E-state index is 12.4. The van der Waals surface area contributed by atoms with Gasteiger partial charge < -0.3 is 15.6 Å². The summed E-state index contributed by atoms with van der Waals surface area (Å²) in [4.78, 5) is 21.3. The number of fused-ring (bicyclic) bond motifs is 4. The van der Waals surface area contributed by atoms with Gasteiger partial charge in [-0.3, -0.25) is 4.79 Å². The van der Waals surface area contributed by atoms with E-state index in [1.54, 1.807) is 4.57 Å². The Kier molecular flexibility index (Phi) is 2.86. The lowest BCUT2D eigenvalue weighted by Crippen LogP contribution is -2.19. The zero-order chi connectivity index (χ0) is 17.7. The number of nitrogens with zero attached hydrogens (tertiary/aromatic N) is 7. The Morgan fingerprint density at radius 3 is 2.65 bits per heavy atom. The first-order valence-corrected chi connectivity index (χ1v) is 7.46. The van der Waals surface area contributed by atoms with Crippen LogP contribution in [0.4, 0.5) is 11.6 Å². The molecule has 4 heterocycles. The number of nitrogen functional groups attached to an aromatic ring is 1. The molecule has 1 amide bonds. The lowest BCUT2D eigenvalue weighted by atomic mass is 10.2. The number of hydrogen-bond donors (Lipinski definition) is 2. The Labute approximate surface area is 142 Å². The summed E-state index contributed by atoms with van der Waals surface area (Å²) in [6, 6.07) is 7.50. The van der Waals surface area contributed by atoms with Crippen LogP contribution in [0.25, 0.3) is 33.4 Å². The Bertz CT molecular complexity index is 1290. The van der Waals surface area contributed by atoms with Gasteiger partial charge in [-0.05, 0) is 26.7 Å². The predicted molar refractivity (Wildman–Crippen MR) is 87.7 cm³/mol. The summed E-state index contributed by atoms with van der Waals surface area (Å²) in [5.41, 5.74) is 7.98. The molecule has 12 heteroatoms. The van der Waals surface area contributed by atoms with Crippen LogP contribution in [0.1, 0.15) is 0 Å². The molecule has 0 fully saturated rings. The van der Waals surface area contributed by atoms with Gasteiger partial charge in [0.25, 0.3) is 0 Å². The summed E-state index contributed by atoms with van der Waals surface area (Å²) in [5, 5.41) is 17.8. The van der Waals surface area contributed by atoms with Gasteiger partial charge >= 0.3 is 0 Å². The van der Waals surface area contributed by atoms with Crippen molar-refractivity contribution in [2.24, 2.45) is 0 Å². The van der Waals surface area contributed by atoms with Crippen LogP contribution in [-0.4, -0.2) is 41.1 Å². The molecule has 0 saturated carbocycles. The number of hydrogen-bond acceptors (Lipinski definition) is 10. The average Bonchev–Trinajstić information content (AvgIpc) is 3.33. The Hall–Kier alpha value is -4.09. The molecule has 4 aromatic heterocycles. The van der Waals surface area contributed by atoms with Gasteiger partial charge in [-0.2, -0.15) is 0 Å². The third-order valence-electron chi connectivity index (χ3n) is 3.87. The number of aromatic nitrogens is 7. The maximum Gasteiger partial charge on any atom is 0.245 e. The molecular formula is C14H9N9O3. The number of carbonyl (C=O) groups excluding carboxylic acids is 1. The van der Waals surface area contributed by atoms with Crippen LogP contribution in [0.3, 0.4) is 0 Å². The van der Waals surface area contributed by atoms with Crippen LogP contribution < -0.4 is 11.1 Å². The number of nitrogens with one attached hydrogen (secondary N) is 1. The quantitative estimate of drug-likeness (QED) is 0.473. The Balaban J connectivity index is 1.65. The van der Waals surface area contributed by atoms with Gasteiger partial charge in [0.15, 0.2) is 5.65 Å². The minimum Gasteiger partial charge on any atom is -0.378 e. The molecule has 0 aliphatic rings. The van der Waals surface area contributed by atoms with Gasteiger partial charge in [-0.15, -0.1) is 0 Å². The smallest absolute Gasteiger partial charge is 0.245 e. The van der Waals surface area contributed by atoms with E-state index in [0.29, 0.717) is 16.8 Å². The topological polar surface area (TPSA) is 164 Å². The number of carbonyl (C=O) groups is 1. The Morgan fingerprint density at radius 2 is 1.85 bits per heavy atom. The second kappa shape index (κ2) is 5.20. The van der Waals surface area contributed by atoms with Crippen LogP contribution in [-0.2, 0) is 11.3 Å². The molecule has 0 unspecified atom stereocenters. The van der Waals surface area contributed by atoms with E-state index < -0.39 is 0 Å². The molecule has 26 heavy (non-hydrogen) atoms. The molecule has 0 aliphatic carbocycles. The summed E-state index contributed by atoms with van der Waals surface area (Å²) in [7, 11) is 0. The average molecular weight is 351 g/mol. The van der Waals surface area contributed by atoms with Crippen molar-refractivity contribution in [1.82, 2.24) is 35.2 Å². The molecule has 5 aromatic rings. The van der Waals surface area contributed by atoms with Crippen molar-refractivity contribution in [3.05, 3.63) is 24.3 Å². The number of para-hydroxylation sites is 1. The zero-order valence-corrected chi connectivity index (χ0v) is 12.9. The second-order valence-electron chi connectivity index (χ2n) is 5.46. The minimum absolute atomic E-state index is 0.00394. The van der Waals surface area contributed by atoms with E-state index >= 15 is 0 Å². The van der Waals surface area contributed by atoms with Crippen molar-refractivity contribution in [3.63, 3.8) is 0 Å². The summed E-state index contributed by atoms with van der Waals surface area (Å²) in [6.07, 6.45) is 0. The highest BCUT2D eigenvalue weighted by molar-refractivity contribution is 6.07. The molecule has 0 radical (unpaired) electrons. The molecule has 0 saturated heterocycles. The van der Waals surface area contributed by atoms with Crippen LogP contribution >= 0.6 is 0 Å². The van der Waals surface area contributed by atoms with E-state index in [9.17, 15) is 4.79 Å². The molecule has 5 rings (SSSR count). The van der Waals surface area contributed by atoms with Crippen LogP contribution in [0.2, 0.25) is 0 Å². The van der Waals surface area contributed by atoms with Crippen molar-refractivity contribution >= 4 is 50.9 Å².